The third kappa shape index (κ3) is 6.13. The molecule has 0 saturated carbocycles. The first-order valence-electron chi connectivity index (χ1n) is 11.1. The number of carbonyl (C=O) groups is 2. The fraction of sp³-hybridized carbons (Fsp3) is 0.667. The Balaban J connectivity index is 1.58. The molecule has 30 heavy (non-hydrogen) atoms. The van der Waals surface area contributed by atoms with Gasteiger partial charge in [-0.1, -0.05) is 18.2 Å². The van der Waals surface area contributed by atoms with Gasteiger partial charge in [-0.3, -0.25) is 4.79 Å². The number of fused-ring (bicyclic) bond motifs is 1. The number of esters is 1. The van der Waals surface area contributed by atoms with Gasteiger partial charge < -0.3 is 19.7 Å². The van der Waals surface area contributed by atoms with Crippen LogP contribution < -0.4 is 5.32 Å². The van der Waals surface area contributed by atoms with Crippen LogP contribution in [0.3, 0.4) is 0 Å². The number of hydrogen-bond donors (Lipinski definition) is 1. The lowest BCUT2D eigenvalue weighted by Crippen LogP contribution is -2.42. The summed E-state index contributed by atoms with van der Waals surface area (Å²) in [6, 6.07) is 8.41. The van der Waals surface area contributed by atoms with Crippen LogP contribution in [0.4, 0.5) is 10.5 Å². The van der Waals surface area contributed by atoms with Crippen molar-refractivity contribution >= 4 is 17.7 Å². The van der Waals surface area contributed by atoms with Crippen molar-refractivity contribution in [3.8, 4) is 0 Å². The number of benzene rings is 1. The molecule has 2 heterocycles. The lowest BCUT2D eigenvalue weighted by atomic mass is 9.75. The van der Waals surface area contributed by atoms with Gasteiger partial charge in [-0.25, -0.2) is 4.79 Å². The summed E-state index contributed by atoms with van der Waals surface area (Å²) in [7, 11) is 1.47. The van der Waals surface area contributed by atoms with Crippen LogP contribution in [0, 0.1) is 17.8 Å². The number of methoxy groups -OCH3 is 1. The van der Waals surface area contributed by atoms with Crippen LogP contribution in [-0.2, 0) is 20.7 Å². The van der Waals surface area contributed by atoms with Gasteiger partial charge in [0.25, 0.3) is 0 Å². The molecule has 6 heteroatoms. The second kappa shape index (κ2) is 9.71. The fourth-order valence-corrected chi connectivity index (χ4v) is 4.65. The van der Waals surface area contributed by atoms with E-state index >= 15 is 0 Å². The van der Waals surface area contributed by atoms with E-state index in [-0.39, 0.29) is 18.0 Å². The summed E-state index contributed by atoms with van der Waals surface area (Å²) in [5.74, 6) is 1.06. The van der Waals surface area contributed by atoms with E-state index in [1.807, 2.05) is 25.7 Å². The largest absolute Gasteiger partial charge is 0.469 e. The molecule has 3 rings (SSSR count). The minimum Gasteiger partial charge on any atom is -0.469 e. The predicted molar refractivity (Wildman–Crippen MR) is 117 cm³/mol. The Bertz CT molecular complexity index is 735. The van der Waals surface area contributed by atoms with E-state index in [0.717, 1.165) is 45.3 Å². The van der Waals surface area contributed by atoms with Gasteiger partial charge in [-0.15, -0.1) is 0 Å². The Labute approximate surface area is 180 Å². The van der Waals surface area contributed by atoms with Crippen molar-refractivity contribution in [2.24, 2.45) is 17.8 Å². The number of amides is 1. The van der Waals surface area contributed by atoms with Gasteiger partial charge in [-0.05, 0) is 75.8 Å². The number of hydrogen-bond acceptors (Lipinski definition) is 5. The highest BCUT2D eigenvalue weighted by Gasteiger charge is 2.33. The molecule has 0 bridgehead atoms. The molecule has 1 N–H and O–H groups in total. The third-order valence-electron chi connectivity index (χ3n) is 6.28. The monoisotopic (exact) mass is 416 g/mol. The number of nitrogens with zero attached hydrogens (tertiary/aromatic N) is 1. The molecule has 6 nitrogen and oxygen atoms in total. The molecule has 2 aliphatic rings. The molecule has 1 saturated heterocycles. The van der Waals surface area contributed by atoms with Crippen molar-refractivity contribution in [2.75, 3.05) is 32.1 Å². The average Bonchev–Trinajstić information content (AvgIpc) is 2.72. The zero-order valence-corrected chi connectivity index (χ0v) is 18.8. The normalized spacial score (nSPS) is 20.7. The molecule has 2 atom stereocenters. The predicted octanol–water partition coefficient (Wildman–Crippen LogP) is 4.49. The SMILES string of the molecule is COC(=O)CC(CC1CCN(C(=O)OC(C)(C)C)CC1)C1CNc2ccccc2C1. The van der Waals surface area contributed by atoms with E-state index in [1.165, 1.54) is 18.4 Å². The fourth-order valence-electron chi connectivity index (χ4n) is 4.65. The minimum absolute atomic E-state index is 0.134. The van der Waals surface area contributed by atoms with E-state index < -0.39 is 5.60 Å². The Kier molecular flexibility index (Phi) is 7.27. The maximum absolute atomic E-state index is 12.3. The summed E-state index contributed by atoms with van der Waals surface area (Å²) >= 11 is 0. The number of anilines is 1. The van der Waals surface area contributed by atoms with Crippen molar-refractivity contribution in [1.29, 1.82) is 0 Å². The molecule has 0 spiro atoms. The number of likely N-dealkylation sites (tertiary alicyclic amines) is 1. The zero-order chi connectivity index (χ0) is 21.7. The number of ether oxygens (including phenoxy) is 2. The average molecular weight is 417 g/mol. The highest BCUT2D eigenvalue weighted by molar-refractivity contribution is 5.69. The Morgan fingerprint density at radius 1 is 1.20 bits per heavy atom. The van der Waals surface area contributed by atoms with Crippen LogP contribution >= 0.6 is 0 Å². The number of piperidine rings is 1. The van der Waals surface area contributed by atoms with Crippen LogP contribution in [0.2, 0.25) is 0 Å². The van der Waals surface area contributed by atoms with E-state index in [2.05, 4.69) is 29.6 Å². The summed E-state index contributed by atoms with van der Waals surface area (Å²) in [5, 5.41) is 3.54. The molecule has 1 amide bonds. The summed E-state index contributed by atoms with van der Waals surface area (Å²) in [6.07, 6.45) is 4.12. The van der Waals surface area contributed by atoms with Crippen molar-refractivity contribution in [3.63, 3.8) is 0 Å². The molecule has 2 unspecified atom stereocenters. The molecule has 0 aromatic heterocycles. The second-order valence-electron chi connectivity index (χ2n) is 9.69. The summed E-state index contributed by atoms with van der Waals surface area (Å²) in [5.41, 5.74) is 2.06. The third-order valence-corrected chi connectivity index (χ3v) is 6.28. The standard InChI is InChI=1S/C24H36N2O4/c1-24(2,3)30-23(28)26-11-9-17(10-12-26)13-19(15-22(27)29-4)20-14-18-7-5-6-8-21(18)25-16-20/h5-8,17,19-20,25H,9-16H2,1-4H3. The van der Waals surface area contributed by atoms with Crippen LogP contribution in [0.1, 0.15) is 52.0 Å². The van der Waals surface area contributed by atoms with Crippen molar-refractivity contribution in [3.05, 3.63) is 29.8 Å². The first kappa shape index (κ1) is 22.4. The first-order valence-corrected chi connectivity index (χ1v) is 11.1. The zero-order valence-electron chi connectivity index (χ0n) is 18.8. The number of carbonyl (C=O) groups excluding carboxylic acids is 2. The molecule has 1 fully saturated rings. The number of rotatable bonds is 5. The molecule has 0 radical (unpaired) electrons. The number of nitrogens with one attached hydrogen (secondary N) is 1. The lowest BCUT2D eigenvalue weighted by Gasteiger charge is -2.37. The van der Waals surface area contributed by atoms with Gasteiger partial charge in [0.05, 0.1) is 7.11 Å². The van der Waals surface area contributed by atoms with Gasteiger partial charge in [0.15, 0.2) is 0 Å². The highest BCUT2D eigenvalue weighted by Crippen LogP contribution is 2.36. The molecule has 2 aliphatic heterocycles. The van der Waals surface area contributed by atoms with Crippen LogP contribution in [-0.4, -0.2) is 49.3 Å². The van der Waals surface area contributed by atoms with E-state index in [4.69, 9.17) is 9.47 Å². The Morgan fingerprint density at radius 3 is 2.57 bits per heavy atom. The summed E-state index contributed by atoms with van der Waals surface area (Å²) in [6.45, 7) is 8.00. The van der Waals surface area contributed by atoms with E-state index in [0.29, 0.717) is 18.3 Å². The minimum atomic E-state index is -0.468. The molecule has 1 aromatic carbocycles. The van der Waals surface area contributed by atoms with E-state index in [9.17, 15) is 9.59 Å². The van der Waals surface area contributed by atoms with Crippen LogP contribution in [0.5, 0.6) is 0 Å². The lowest BCUT2D eigenvalue weighted by molar-refractivity contribution is -0.142. The smallest absolute Gasteiger partial charge is 0.410 e. The maximum atomic E-state index is 12.3. The molecular formula is C24H36N2O4. The molecule has 166 valence electrons. The van der Waals surface area contributed by atoms with E-state index in [1.54, 1.807) is 0 Å². The van der Waals surface area contributed by atoms with Gasteiger partial charge >= 0.3 is 12.1 Å². The Hall–Kier alpha value is -2.24. The Morgan fingerprint density at radius 2 is 1.90 bits per heavy atom. The highest BCUT2D eigenvalue weighted by atomic mass is 16.6. The second-order valence-corrected chi connectivity index (χ2v) is 9.69. The molecule has 0 aliphatic carbocycles. The van der Waals surface area contributed by atoms with Crippen molar-refractivity contribution in [2.45, 2.75) is 58.5 Å². The van der Waals surface area contributed by atoms with Gasteiger partial charge in [0.1, 0.15) is 5.60 Å². The maximum Gasteiger partial charge on any atom is 0.410 e. The van der Waals surface area contributed by atoms with Crippen molar-refractivity contribution in [1.82, 2.24) is 4.90 Å². The van der Waals surface area contributed by atoms with Gasteiger partial charge in [0.2, 0.25) is 0 Å². The summed E-state index contributed by atoms with van der Waals surface area (Å²) < 4.78 is 10.5. The van der Waals surface area contributed by atoms with Crippen LogP contribution in [0.15, 0.2) is 24.3 Å². The van der Waals surface area contributed by atoms with Crippen molar-refractivity contribution < 1.29 is 19.1 Å². The molecule has 1 aromatic rings. The van der Waals surface area contributed by atoms with Gasteiger partial charge in [0, 0.05) is 31.7 Å². The molecular weight excluding hydrogens is 380 g/mol. The number of para-hydroxylation sites is 1. The quantitative estimate of drug-likeness (QED) is 0.717. The summed E-state index contributed by atoms with van der Waals surface area (Å²) in [4.78, 5) is 26.3. The van der Waals surface area contributed by atoms with Crippen LogP contribution in [0.25, 0.3) is 0 Å². The topological polar surface area (TPSA) is 67.9 Å². The van der Waals surface area contributed by atoms with Gasteiger partial charge in [-0.2, -0.15) is 0 Å². The first-order chi connectivity index (χ1) is 14.2.